The van der Waals surface area contributed by atoms with Gasteiger partial charge in [-0.05, 0) is 37.2 Å². The molecule has 4 nitrogen and oxygen atoms in total. The minimum Gasteiger partial charge on any atom is -0.793 e. The molecule has 0 saturated carbocycles. The van der Waals surface area contributed by atoms with Gasteiger partial charge in [-0.15, -0.1) is 22.8 Å². The number of hydrogen-bond donors (Lipinski definition) is 0. The Hall–Kier alpha value is 2.46. The summed E-state index contributed by atoms with van der Waals surface area (Å²) >= 11 is 13.2. The molecule has 11 heteroatoms. The summed E-state index contributed by atoms with van der Waals surface area (Å²) in [5, 5.41) is 0. The maximum absolute atomic E-state index is 12.4. The van der Waals surface area contributed by atoms with E-state index in [4.69, 9.17) is 32.7 Å². The summed E-state index contributed by atoms with van der Waals surface area (Å²) < 4.78 is 11.1. The van der Waals surface area contributed by atoms with Crippen LogP contribution in [-0.2, 0) is 52.1 Å². The Kier molecular flexibility index (Phi) is 69.0. The van der Waals surface area contributed by atoms with Crippen LogP contribution in [0.1, 0.15) is 336 Å². The van der Waals surface area contributed by atoms with E-state index in [1.165, 1.54) is 305 Å². The topological polar surface area (TPSA) is 64.6 Å². The van der Waals surface area contributed by atoms with Crippen LogP contribution < -0.4 is 9.79 Å². The summed E-state index contributed by atoms with van der Waals surface area (Å²) in [6.07, 6.45) is 64.2. The van der Waals surface area contributed by atoms with Crippen LogP contribution in [0.25, 0.3) is 0 Å². The van der Waals surface area contributed by atoms with Gasteiger partial charge < -0.3 is 18.8 Å². The quantitative estimate of drug-likeness (QED) is 0.0339. The van der Waals surface area contributed by atoms with E-state index >= 15 is 0 Å². The maximum Gasteiger partial charge on any atom is 2.00 e. The van der Waals surface area contributed by atoms with Crippen LogP contribution in [0.4, 0.5) is 0 Å². The molecule has 0 rings (SSSR count). The van der Waals surface area contributed by atoms with Gasteiger partial charge in [0.2, 0.25) is 0 Å². The minimum atomic E-state index is -2.86. The van der Waals surface area contributed by atoms with E-state index in [0.717, 1.165) is 37.2 Å². The third-order valence-corrected chi connectivity index (χ3v) is 21.7. The Morgan fingerprint density at radius 2 is 0.418 bits per heavy atom. The predicted octanol–water partition coefficient (Wildman–Crippen LogP) is 21.4. The molecule has 0 aromatic heterocycles. The molecule has 0 aliphatic heterocycles. The first-order chi connectivity index (χ1) is 32.2. The van der Waals surface area contributed by atoms with Crippen molar-refractivity contribution >= 4 is 57.8 Å². The van der Waals surface area contributed by atoms with Gasteiger partial charge in [0.25, 0.3) is 0 Å². The van der Waals surface area contributed by atoms with Gasteiger partial charge in [0.15, 0.2) is 0 Å². The monoisotopic (exact) mass is 1110 g/mol. The van der Waals surface area contributed by atoms with Crippen molar-refractivity contribution in [3.63, 3.8) is 0 Å². The Morgan fingerprint density at radius 1 is 0.269 bits per heavy atom. The fourth-order valence-corrected chi connectivity index (χ4v) is 15.3. The first-order valence-electron chi connectivity index (χ1n) is 29.4. The van der Waals surface area contributed by atoms with Crippen molar-refractivity contribution in [3.8, 4) is 0 Å². The van der Waals surface area contributed by atoms with Gasteiger partial charge >= 0.3 is 19.5 Å². The van der Waals surface area contributed by atoms with Crippen molar-refractivity contribution in [2.24, 2.45) is 0 Å². The van der Waals surface area contributed by atoms with Crippen LogP contribution in [0.5, 0.6) is 0 Å². The van der Waals surface area contributed by atoms with Crippen LogP contribution in [0.3, 0.4) is 0 Å². The number of unbranched alkanes of at least 4 members (excludes halogenated alkanes) is 44. The van der Waals surface area contributed by atoms with Gasteiger partial charge in [-0.1, -0.05) is 334 Å². The summed E-state index contributed by atoms with van der Waals surface area (Å²) in [4.78, 5) is 24.7. The molecule has 67 heavy (non-hydrogen) atoms. The van der Waals surface area contributed by atoms with Crippen LogP contribution in [0.15, 0.2) is 0 Å². The molecular formula is C56H116O4P2S4Zn. The van der Waals surface area contributed by atoms with Crippen molar-refractivity contribution in [3.05, 3.63) is 0 Å². The molecule has 0 heterocycles. The van der Waals surface area contributed by atoms with Crippen molar-refractivity contribution in [2.75, 3.05) is 24.7 Å². The van der Waals surface area contributed by atoms with E-state index in [0.29, 0.717) is 13.2 Å². The Bertz CT molecular complexity index is 857. The fraction of sp³-hybridized carbons (Fsp3) is 1.00. The van der Waals surface area contributed by atoms with Crippen LogP contribution in [-0.4, -0.2) is 24.7 Å². The number of hydrogen-bond acceptors (Lipinski definition) is 8. The average molecular weight is 1110 g/mol. The third-order valence-electron chi connectivity index (χ3n) is 13.0. The molecule has 0 saturated heterocycles. The van der Waals surface area contributed by atoms with Gasteiger partial charge in [0, 0.05) is 11.4 Å². The molecule has 0 spiro atoms. The Morgan fingerprint density at radius 3 is 0.597 bits per heavy atom. The molecular weight excluding hydrogens is 992 g/mol. The first-order valence-corrected chi connectivity index (χ1v) is 37.9. The first kappa shape index (κ1) is 73.7. The molecule has 2 atom stereocenters. The second-order valence-corrected chi connectivity index (χ2v) is 32.1. The summed E-state index contributed by atoms with van der Waals surface area (Å²) in [6.45, 7) is 10.3. The van der Waals surface area contributed by atoms with Crippen molar-refractivity contribution in [2.45, 2.75) is 336 Å². The van der Waals surface area contributed by atoms with Crippen molar-refractivity contribution < 1.29 is 38.3 Å². The van der Waals surface area contributed by atoms with Crippen molar-refractivity contribution in [1.29, 1.82) is 0 Å². The fourth-order valence-electron chi connectivity index (χ4n) is 8.55. The number of rotatable bonds is 56. The van der Waals surface area contributed by atoms with Gasteiger partial charge in [0.05, 0.1) is 13.2 Å². The van der Waals surface area contributed by atoms with Crippen LogP contribution in [0, 0.1) is 0 Å². The van der Waals surface area contributed by atoms with E-state index in [1.54, 1.807) is 0 Å². The molecule has 0 bridgehead atoms. The zero-order valence-corrected chi connectivity index (χ0v) is 53.7. The maximum atomic E-state index is 12.4. The average Bonchev–Trinajstić information content (AvgIpc) is 3.30. The van der Waals surface area contributed by atoms with E-state index in [2.05, 4.69) is 27.7 Å². The molecule has 400 valence electrons. The van der Waals surface area contributed by atoms with Gasteiger partial charge in [-0.2, -0.15) is 0 Å². The Labute approximate surface area is 453 Å². The molecule has 0 aliphatic rings. The zero-order chi connectivity index (χ0) is 48.6. The largest absolute Gasteiger partial charge is 2.00 e. The third kappa shape index (κ3) is 68.5. The smallest absolute Gasteiger partial charge is 0.793 e. The molecule has 0 aromatic rings. The minimum absolute atomic E-state index is 0. The Balaban J connectivity index is -0.00000120. The van der Waals surface area contributed by atoms with E-state index in [9.17, 15) is 9.79 Å². The molecule has 0 aromatic carbocycles. The van der Waals surface area contributed by atoms with E-state index in [-0.39, 0.29) is 19.5 Å². The summed E-state index contributed by atoms with van der Waals surface area (Å²) in [7, 11) is 0. The SMILES string of the molecule is CCCCCCCCCCCCCCOP([O-])(=S)SCCCCCCCCCCCCCC.CCCCCCCCCCCCCCOP([O-])(=S)SCCCCCCCCCCCCCC.[Zn+2]. The van der Waals surface area contributed by atoms with Crippen LogP contribution >= 0.6 is 34.2 Å². The molecule has 0 radical (unpaired) electrons. The van der Waals surface area contributed by atoms with E-state index < -0.39 is 11.4 Å². The standard InChI is InChI=1S/2C28H59O2PS2.Zn/c2*1-3-5-7-9-11-13-15-17-19-21-23-25-27-30-31(29,32)33-28-26-24-22-20-18-16-14-12-10-8-6-4-2;/h2*3-28H2,1-2H3,(H,29,32);/q;;+2/p-2. The van der Waals surface area contributed by atoms with Gasteiger partial charge in [0.1, 0.15) is 0 Å². The second-order valence-electron chi connectivity index (χ2n) is 19.8. The predicted molar refractivity (Wildman–Crippen MR) is 310 cm³/mol. The molecule has 0 amide bonds. The summed E-state index contributed by atoms with van der Waals surface area (Å²) in [5.41, 5.74) is -5.71. The van der Waals surface area contributed by atoms with Crippen molar-refractivity contribution in [1.82, 2.24) is 0 Å². The van der Waals surface area contributed by atoms with Gasteiger partial charge in [-0.25, -0.2) is 0 Å². The van der Waals surface area contributed by atoms with Gasteiger partial charge in [-0.3, -0.25) is 0 Å². The summed E-state index contributed by atoms with van der Waals surface area (Å²) in [5.74, 6) is 1.77. The summed E-state index contributed by atoms with van der Waals surface area (Å²) in [6, 6.07) is 0. The normalized spacial score (nSPS) is 13.2. The second kappa shape index (κ2) is 62.8. The molecule has 2 unspecified atom stereocenters. The van der Waals surface area contributed by atoms with Crippen LogP contribution in [0.2, 0.25) is 0 Å². The molecule has 0 aliphatic carbocycles. The molecule has 0 fully saturated rings. The molecule has 0 N–H and O–H groups in total. The van der Waals surface area contributed by atoms with E-state index in [1.807, 2.05) is 0 Å². The zero-order valence-electron chi connectivity index (χ0n) is 45.6.